The second-order valence-electron chi connectivity index (χ2n) is 8.23. The number of carbonyl (C=O) groups excluding carboxylic acids is 1. The lowest BCUT2D eigenvalue weighted by Crippen LogP contribution is -2.38. The topological polar surface area (TPSA) is 41.1 Å². The Bertz CT molecular complexity index is 631. The molecule has 1 aromatic carbocycles. The summed E-state index contributed by atoms with van der Waals surface area (Å²) in [6.45, 7) is 3.04. The minimum absolute atomic E-state index is 0.289. The molecule has 0 aromatic heterocycles. The summed E-state index contributed by atoms with van der Waals surface area (Å²) in [6, 6.07) is 5.96. The molecule has 0 unspecified atom stereocenters. The van der Waals surface area contributed by atoms with Crippen LogP contribution in [0.1, 0.15) is 102 Å². The van der Waals surface area contributed by atoms with Gasteiger partial charge in [-0.3, -0.25) is 10.1 Å². The third-order valence-corrected chi connectivity index (χ3v) is 5.60. The van der Waals surface area contributed by atoms with Crippen LogP contribution in [0.2, 0.25) is 0 Å². The van der Waals surface area contributed by atoms with E-state index < -0.39 is 0 Å². The van der Waals surface area contributed by atoms with Gasteiger partial charge in [0.2, 0.25) is 5.91 Å². The highest BCUT2D eigenvalue weighted by molar-refractivity contribution is 7.80. The van der Waals surface area contributed by atoms with Crippen LogP contribution in [-0.4, -0.2) is 17.6 Å². The summed E-state index contributed by atoms with van der Waals surface area (Å²) in [5.41, 5.74) is 0.762. The van der Waals surface area contributed by atoms with E-state index in [-0.39, 0.29) is 11.7 Å². The summed E-state index contributed by atoms with van der Waals surface area (Å²) in [4.78, 5) is 11.9. The van der Waals surface area contributed by atoms with Crippen molar-refractivity contribution in [1.29, 1.82) is 0 Å². The zero-order valence-electron chi connectivity index (χ0n) is 19.3. The van der Waals surface area contributed by atoms with Crippen molar-refractivity contribution in [2.24, 2.45) is 0 Å². The number of unbranched alkanes of at least 4 members (excludes halogenated alkanes) is 13. The minimum atomic E-state index is -0.296. The molecule has 0 bridgehead atoms. The molecule has 0 heterocycles. The van der Waals surface area contributed by atoms with Crippen molar-refractivity contribution in [1.82, 2.24) is 10.6 Å². The van der Waals surface area contributed by atoms with Crippen molar-refractivity contribution in [3.05, 3.63) is 41.7 Å². The first-order chi connectivity index (χ1) is 15.1. The summed E-state index contributed by atoms with van der Waals surface area (Å²) >= 11 is 5.15. The summed E-state index contributed by atoms with van der Waals surface area (Å²) in [6.07, 6.45) is 21.7. The summed E-state index contributed by atoms with van der Waals surface area (Å²) in [7, 11) is 0. The quantitative estimate of drug-likeness (QED) is 0.149. The molecule has 31 heavy (non-hydrogen) atoms. The summed E-state index contributed by atoms with van der Waals surface area (Å²) < 4.78 is 12.9. The number of rotatable bonds is 17. The molecule has 0 aliphatic rings. The van der Waals surface area contributed by atoms with Gasteiger partial charge in [0.05, 0.1) is 0 Å². The van der Waals surface area contributed by atoms with Crippen LogP contribution in [0.4, 0.5) is 4.39 Å². The second-order valence-corrected chi connectivity index (χ2v) is 8.63. The molecule has 0 saturated carbocycles. The van der Waals surface area contributed by atoms with Gasteiger partial charge in [0.1, 0.15) is 5.82 Å². The molecule has 3 nitrogen and oxygen atoms in total. The summed E-state index contributed by atoms with van der Waals surface area (Å²) in [5, 5.41) is 6.06. The smallest absolute Gasteiger partial charge is 0.250 e. The zero-order chi connectivity index (χ0) is 22.6. The van der Waals surface area contributed by atoms with Gasteiger partial charge in [0.15, 0.2) is 5.11 Å². The molecule has 0 spiro atoms. The molecule has 1 aromatic rings. The van der Waals surface area contributed by atoms with Gasteiger partial charge in [0.25, 0.3) is 0 Å². The Hall–Kier alpha value is -1.75. The van der Waals surface area contributed by atoms with Crippen molar-refractivity contribution in [2.75, 3.05) is 6.54 Å². The van der Waals surface area contributed by atoms with Crippen LogP contribution in [0.15, 0.2) is 30.3 Å². The predicted molar refractivity (Wildman–Crippen MR) is 134 cm³/mol. The molecule has 174 valence electrons. The van der Waals surface area contributed by atoms with Crippen molar-refractivity contribution in [2.45, 2.75) is 96.8 Å². The van der Waals surface area contributed by atoms with E-state index in [0.29, 0.717) is 5.11 Å². The van der Waals surface area contributed by atoms with Crippen LogP contribution in [0.25, 0.3) is 6.08 Å². The van der Waals surface area contributed by atoms with Gasteiger partial charge in [0, 0.05) is 12.6 Å². The molecule has 1 rings (SSSR count). The van der Waals surface area contributed by atoms with Crippen molar-refractivity contribution >= 4 is 29.3 Å². The Morgan fingerprint density at radius 1 is 0.839 bits per heavy atom. The first-order valence-electron chi connectivity index (χ1n) is 12.1. The number of amides is 1. The highest BCUT2D eigenvalue weighted by atomic mass is 32.1. The molecular weight excluding hydrogens is 407 g/mol. The number of benzene rings is 1. The Balaban J connectivity index is 1.90. The van der Waals surface area contributed by atoms with Gasteiger partial charge in [-0.25, -0.2) is 4.39 Å². The van der Waals surface area contributed by atoms with Gasteiger partial charge >= 0.3 is 0 Å². The highest BCUT2D eigenvalue weighted by Crippen LogP contribution is 2.12. The normalized spacial score (nSPS) is 11.0. The molecule has 1 amide bonds. The number of halogens is 1. The van der Waals surface area contributed by atoms with Crippen LogP contribution in [0.5, 0.6) is 0 Å². The van der Waals surface area contributed by atoms with E-state index >= 15 is 0 Å². The fourth-order valence-electron chi connectivity index (χ4n) is 3.47. The Kier molecular flexibility index (Phi) is 16.7. The highest BCUT2D eigenvalue weighted by Gasteiger charge is 2.00. The number of thiocarbonyl (C=S) groups is 1. The largest absolute Gasteiger partial charge is 0.362 e. The number of hydrogen-bond donors (Lipinski definition) is 2. The van der Waals surface area contributed by atoms with Crippen molar-refractivity contribution in [3.8, 4) is 0 Å². The lowest BCUT2D eigenvalue weighted by molar-refractivity contribution is -0.115. The molecule has 0 aliphatic heterocycles. The standard InChI is InChI=1S/C26H41FN2OS/c1-2-3-4-5-6-7-8-9-10-11-12-13-14-15-22-28-26(31)29-25(30)21-18-23-16-19-24(27)20-17-23/h16-21H,2-15,22H2,1H3,(H2,28,29,30,31). The van der Waals surface area contributed by atoms with Crippen molar-refractivity contribution < 1.29 is 9.18 Å². The Morgan fingerprint density at radius 2 is 1.32 bits per heavy atom. The maximum absolute atomic E-state index is 12.9. The second kappa shape index (κ2) is 19.0. The number of hydrogen-bond acceptors (Lipinski definition) is 2. The Labute approximate surface area is 194 Å². The third-order valence-electron chi connectivity index (χ3n) is 5.35. The van der Waals surface area contributed by atoms with Crippen LogP contribution < -0.4 is 10.6 Å². The van der Waals surface area contributed by atoms with Crippen LogP contribution in [0, 0.1) is 5.82 Å². The third kappa shape index (κ3) is 16.6. The monoisotopic (exact) mass is 448 g/mol. The molecule has 0 aliphatic carbocycles. The van der Waals surface area contributed by atoms with E-state index in [1.807, 2.05) is 0 Å². The SMILES string of the molecule is CCCCCCCCCCCCCCCCNC(=S)NC(=O)C=Cc1ccc(F)cc1. The Morgan fingerprint density at radius 3 is 1.84 bits per heavy atom. The van der Waals surface area contributed by atoms with Gasteiger partial charge < -0.3 is 5.32 Å². The van der Waals surface area contributed by atoms with E-state index in [1.165, 1.54) is 102 Å². The summed E-state index contributed by atoms with van der Waals surface area (Å²) in [5.74, 6) is -0.585. The first-order valence-corrected chi connectivity index (χ1v) is 12.5. The maximum Gasteiger partial charge on any atom is 0.250 e. The molecule has 5 heteroatoms. The van der Waals surface area contributed by atoms with Crippen molar-refractivity contribution in [3.63, 3.8) is 0 Å². The minimum Gasteiger partial charge on any atom is -0.362 e. The van der Waals surface area contributed by atoms with Crippen LogP contribution in [-0.2, 0) is 4.79 Å². The van der Waals surface area contributed by atoms with Gasteiger partial charge in [-0.05, 0) is 42.4 Å². The van der Waals surface area contributed by atoms with Gasteiger partial charge in [-0.15, -0.1) is 0 Å². The predicted octanol–water partition coefficient (Wildman–Crippen LogP) is 7.31. The van der Waals surface area contributed by atoms with E-state index in [9.17, 15) is 9.18 Å². The van der Waals surface area contributed by atoms with Gasteiger partial charge in [-0.1, -0.05) is 103 Å². The van der Waals surface area contributed by atoms with Crippen LogP contribution >= 0.6 is 12.2 Å². The van der Waals surface area contributed by atoms with E-state index in [0.717, 1.165) is 18.5 Å². The van der Waals surface area contributed by atoms with Crippen LogP contribution in [0.3, 0.4) is 0 Å². The molecule has 2 N–H and O–H groups in total. The molecular formula is C26H41FN2OS. The first kappa shape index (κ1) is 27.3. The maximum atomic E-state index is 12.9. The van der Waals surface area contributed by atoms with E-state index in [1.54, 1.807) is 18.2 Å². The number of carbonyl (C=O) groups is 1. The van der Waals surface area contributed by atoms with Gasteiger partial charge in [-0.2, -0.15) is 0 Å². The zero-order valence-corrected chi connectivity index (χ0v) is 20.1. The van der Waals surface area contributed by atoms with E-state index in [2.05, 4.69) is 17.6 Å². The number of nitrogens with one attached hydrogen (secondary N) is 2. The van der Waals surface area contributed by atoms with E-state index in [4.69, 9.17) is 12.2 Å². The fraction of sp³-hybridized carbons (Fsp3) is 0.615. The molecule has 0 radical (unpaired) electrons. The molecule has 0 saturated heterocycles. The molecule has 0 atom stereocenters. The average molecular weight is 449 g/mol. The average Bonchev–Trinajstić information content (AvgIpc) is 2.76. The fourth-order valence-corrected chi connectivity index (χ4v) is 3.67. The molecule has 0 fully saturated rings. The lowest BCUT2D eigenvalue weighted by Gasteiger charge is -2.08. The lowest BCUT2D eigenvalue weighted by atomic mass is 10.0.